The van der Waals surface area contributed by atoms with Gasteiger partial charge < -0.3 is 14.7 Å². The van der Waals surface area contributed by atoms with Crippen LogP contribution in [0, 0.1) is 13.8 Å². The Kier molecular flexibility index (Phi) is 5.74. The van der Waals surface area contributed by atoms with E-state index in [0.717, 1.165) is 40.2 Å². The third-order valence-electron chi connectivity index (χ3n) is 5.00. The number of aromatic nitrogens is 1. The highest BCUT2D eigenvalue weighted by Crippen LogP contribution is 2.37. The number of pyridine rings is 1. The summed E-state index contributed by atoms with van der Waals surface area (Å²) in [5, 5.41) is 12.4. The number of methoxy groups -OCH3 is 1. The SMILES string of the molecule is COc1ccccc1N=C1Sc2nc3c(C)cc(C)cc3cc2CN1CCCO. The normalized spacial score (nSPS) is 15.0. The maximum Gasteiger partial charge on any atom is 0.171 e. The van der Waals surface area contributed by atoms with Crippen molar-refractivity contribution in [1.29, 1.82) is 0 Å². The molecule has 0 radical (unpaired) electrons. The van der Waals surface area contributed by atoms with Crippen molar-refractivity contribution in [2.45, 2.75) is 31.8 Å². The zero-order valence-corrected chi connectivity index (χ0v) is 17.8. The number of benzene rings is 2. The van der Waals surface area contributed by atoms with Gasteiger partial charge in [-0.1, -0.05) is 23.8 Å². The van der Waals surface area contributed by atoms with E-state index in [1.54, 1.807) is 18.9 Å². The first-order valence-electron chi connectivity index (χ1n) is 9.75. The highest BCUT2D eigenvalue weighted by molar-refractivity contribution is 8.13. The van der Waals surface area contributed by atoms with Gasteiger partial charge in [-0.3, -0.25) is 0 Å². The van der Waals surface area contributed by atoms with Crippen LogP contribution in [0.4, 0.5) is 5.69 Å². The molecule has 0 spiro atoms. The molecule has 150 valence electrons. The molecule has 1 aliphatic heterocycles. The molecule has 1 aromatic heterocycles. The third kappa shape index (κ3) is 4.09. The van der Waals surface area contributed by atoms with Crippen molar-refractivity contribution >= 4 is 33.5 Å². The Labute approximate surface area is 175 Å². The molecule has 0 saturated carbocycles. The Hall–Kier alpha value is -2.57. The van der Waals surface area contributed by atoms with Crippen LogP contribution in [-0.2, 0) is 6.54 Å². The van der Waals surface area contributed by atoms with Gasteiger partial charge in [0, 0.05) is 30.6 Å². The van der Waals surface area contributed by atoms with E-state index in [1.807, 2.05) is 24.3 Å². The fourth-order valence-corrected chi connectivity index (χ4v) is 4.65. The molecule has 0 atom stereocenters. The summed E-state index contributed by atoms with van der Waals surface area (Å²) in [6, 6.07) is 14.4. The minimum Gasteiger partial charge on any atom is -0.494 e. The Balaban J connectivity index is 1.79. The summed E-state index contributed by atoms with van der Waals surface area (Å²) in [5.41, 5.74) is 5.47. The van der Waals surface area contributed by atoms with E-state index in [2.05, 4.69) is 36.9 Å². The lowest BCUT2D eigenvalue weighted by Crippen LogP contribution is -2.33. The van der Waals surface area contributed by atoms with Gasteiger partial charge >= 0.3 is 0 Å². The van der Waals surface area contributed by atoms with E-state index < -0.39 is 0 Å². The molecule has 29 heavy (non-hydrogen) atoms. The molecule has 6 heteroatoms. The maximum atomic E-state index is 9.35. The van der Waals surface area contributed by atoms with Crippen molar-refractivity contribution in [2.75, 3.05) is 20.3 Å². The number of nitrogens with zero attached hydrogens (tertiary/aromatic N) is 3. The molecule has 0 fully saturated rings. The van der Waals surface area contributed by atoms with Crippen LogP contribution < -0.4 is 4.74 Å². The summed E-state index contributed by atoms with van der Waals surface area (Å²) in [7, 11) is 1.66. The van der Waals surface area contributed by atoms with E-state index in [1.165, 1.54) is 22.1 Å². The number of ether oxygens (including phenoxy) is 1. The van der Waals surface area contributed by atoms with Crippen molar-refractivity contribution in [3.63, 3.8) is 0 Å². The molecule has 0 aliphatic carbocycles. The zero-order chi connectivity index (χ0) is 20.4. The molecule has 0 saturated heterocycles. The highest BCUT2D eigenvalue weighted by Gasteiger charge is 2.24. The monoisotopic (exact) mass is 407 g/mol. The van der Waals surface area contributed by atoms with Crippen LogP contribution in [0.1, 0.15) is 23.1 Å². The van der Waals surface area contributed by atoms with E-state index >= 15 is 0 Å². The zero-order valence-electron chi connectivity index (χ0n) is 17.0. The standard InChI is InChI=1S/C23H25N3O2S/c1-15-11-16(2)21-17(12-15)13-18-14-26(9-6-10-27)23(29-22(18)25-21)24-19-7-4-5-8-20(19)28-3/h4-5,7-8,11-13,27H,6,9-10,14H2,1-3H3. The number of rotatable bonds is 5. The van der Waals surface area contributed by atoms with E-state index in [4.69, 9.17) is 14.7 Å². The molecule has 0 bridgehead atoms. The highest BCUT2D eigenvalue weighted by atomic mass is 32.2. The van der Waals surface area contributed by atoms with E-state index in [9.17, 15) is 5.11 Å². The van der Waals surface area contributed by atoms with Gasteiger partial charge in [-0.05, 0) is 61.9 Å². The van der Waals surface area contributed by atoms with Gasteiger partial charge in [0.25, 0.3) is 0 Å². The van der Waals surface area contributed by atoms with Crippen molar-refractivity contribution in [1.82, 2.24) is 9.88 Å². The second-order valence-corrected chi connectivity index (χ2v) is 8.23. The van der Waals surface area contributed by atoms with Gasteiger partial charge in [0.2, 0.25) is 0 Å². The first-order valence-corrected chi connectivity index (χ1v) is 10.6. The van der Waals surface area contributed by atoms with E-state index in [-0.39, 0.29) is 6.61 Å². The first-order chi connectivity index (χ1) is 14.1. The number of aliphatic hydroxyl groups excluding tert-OH is 1. The lowest BCUT2D eigenvalue weighted by atomic mass is 10.1. The number of aryl methyl sites for hydroxylation is 2. The summed E-state index contributed by atoms with van der Waals surface area (Å²) in [6.45, 7) is 5.85. The molecular formula is C23H25N3O2S. The predicted molar refractivity (Wildman–Crippen MR) is 119 cm³/mol. The Morgan fingerprint density at radius 2 is 2.03 bits per heavy atom. The van der Waals surface area contributed by atoms with Gasteiger partial charge in [0.05, 0.1) is 12.6 Å². The molecular weight excluding hydrogens is 382 g/mol. The minimum atomic E-state index is 0.157. The third-order valence-corrected chi connectivity index (χ3v) is 6.08. The molecule has 5 nitrogen and oxygen atoms in total. The second-order valence-electron chi connectivity index (χ2n) is 7.27. The van der Waals surface area contributed by atoms with Crippen molar-refractivity contribution in [2.24, 2.45) is 4.99 Å². The number of thioether (sulfide) groups is 1. The minimum absolute atomic E-state index is 0.157. The van der Waals surface area contributed by atoms with Crippen LogP contribution in [-0.4, -0.2) is 40.4 Å². The quantitative estimate of drug-likeness (QED) is 0.656. The average molecular weight is 408 g/mol. The Morgan fingerprint density at radius 1 is 1.21 bits per heavy atom. The van der Waals surface area contributed by atoms with Gasteiger partial charge in [-0.15, -0.1) is 0 Å². The van der Waals surface area contributed by atoms with Gasteiger partial charge in [-0.25, -0.2) is 9.98 Å². The van der Waals surface area contributed by atoms with Crippen LogP contribution in [0.25, 0.3) is 10.9 Å². The van der Waals surface area contributed by atoms with Crippen LogP contribution in [0.5, 0.6) is 5.75 Å². The molecule has 1 N–H and O–H groups in total. The van der Waals surface area contributed by atoms with Crippen LogP contribution in [0.2, 0.25) is 0 Å². The smallest absolute Gasteiger partial charge is 0.171 e. The van der Waals surface area contributed by atoms with Crippen LogP contribution in [0.3, 0.4) is 0 Å². The van der Waals surface area contributed by atoms with Crippen molar-refractivity contribution in [3.05, 3.63) is 59.2 Å². The van der Waals surface area contributed by atoms with Crippen LogP contribution >= 0.6 is 11.8 Å². The summed E-state index contributed by atoms with van der Waals surface area (Å²) in [5.74, 6) is 0.742. The number of para-hydroxylation sites is 2. The number of aliphatic imine (C=N–C) groups is 1. The summed E-state index contributed by atoms with van der Waals surface area (Å²) >= 11 is 1.58. The summed E-state index contributed by atoms with van der Waals surface area (Å²) < 4.78 is 5.47. The number of aliphatic hydroxyl groups is 1. The molecule has 0 amide bonds. The van der Waals surface area contributed by atoms with Crippen molar-refractivity contribution < 1.29 is 9.84 Å². The summed E-state index contributed by atoms with van der Waals surface area (Å²) in [4.78, 5) is 12.1. The van der Waals surface area contributed by atoms with Crippen molar-refractivity contribution in [3.8, 4) is 5.75 Å². The fraction of sp³-hybridized carbons (Fsp3) is 0.304. The molecule has 3 aromatic rings. The lowest BCUT2D eigenvalue weighted by molar-refractivity contribution is 0.265. The molecule has 1 aliphatic rings. The summed E-state index contributed by atoms with van der Waals surface area (Å²) in [6.07, 6.45) is 0.695. The van der Waals surface area contributed by atoms with Gasteiger partial charge in [0.15, 0.2) is 5.17 Å². The predicted octanol–water partition coefficient (Wildman–Crippen LogP) is 4.84. The first kappa shape index (κ1) is 19.7. The van der Waals surface area contributed by atoms with Crippen LogP contribution in [0.15, 0.2) is 52.5 Å². The number of hydrogen-bond donors (Lipinski definition) is 1. The molecule has 2 heterocycles. The Bertz CT molecular complexity index is 1080. The maximum absolute atomic E-state index is 9.35. The fourth-order valence-electron chi connectivity index (χ4n) is 3.66. The molecule has 4 rings (SSSR count). The molecule has 2 aromatic carbocycles. The number of fused-ring (bicyclic) bond motifs is 2. The van der Waals surface area contributed by atoms with Gasteiger partial charge in [0.1, 0.15) is 16.5 Å². The number of hydrogen-bond acceptors (Lipinski definition) is 5. The lowest BCUT2D eigenvalue weighted by Gasteiger charge is -2.31. The largest absolute Gasteiger partial charge is 0.494 e. The second kappa shape index (κ2) is 8.43. The topological polar surface area (TPSA) is 58.0 Å². The van der Waals surface area contributed by atoms with E-state index in [0.29, 0.717) is 6.42 Å². The Morgan fingerprint density at radius 3 is 2.83 bits per heavy atom. The van der Waals surface area contributed by atoms with Gasteiger partial charge in [-0.2, -0.15) is 0 Å². The number of amidine groups is 1. The molecule has 0 unspecified atom stereocenters. The average Bonchev–Trinajstić information content (AvgIpc) is 2.71.